The predicted octanol–water partition coefficient (Wildman–Crippen LogP) is 4.61. The summed E-state index contributed by atoms with van der Waals surface area (Å²) in [4.78, 5) is 2.75. The zero-order valence-corrected chi connectivity index (χ0v) is 12.0. The van der Waals surface area contributed by atoms with E-state index in [0.717, 1.165) is 13.1 Å². The third kappa shape index (κ3) is 3.44. The summed E-state index contributed by atoms with van der Waals surface area (Å²) < 4.78 is 0. The zero-order chi connectivity index (χ0) is 12.8. The van der Waals surface area contributed by atoms with Gasteiger partial charge in [-0.15, -0.1) is 11.3 Å². The molecule has 0 amide bonds. The molecule has 0 bridgehead atoms. The van der Waals surface area contributed by atoms with Crippen LogP contribution in [0.1, 0.15) is 30.2 Å². The van der Waals surface area contributed by atoms with E-state index in [9.17, 15) is 0 Å². The summed E-state index contributed by atoms with van der Waals surface area (Å²) >= 11 is 1.87. The molecule has 1 nitrogen and oxygen atoms in total. The van der Waals surface area contributed by atoms with E-state index >= 15 is 0 Å². The smallest absolute Gasteiger partial charge is 0.0348 e. The molecule has 2 rings (SSSR count). The van der Waals surface area contributed by atoms with Crippen LogP contribution in [0.4, 0.5) is 0 Å². The summed E-state index contributed by atoms with van der Waals surface area (Å²) in [6.45, 7) is 6.46. The summed E-state index contributed by atoms with van der Waals surface area (Å²) in [6, 6.07) is 13.1. The molecule has 0 atom stereocenters. The van der Waals surface area contributed by atoms with Crippen LogP contribution in [0.25, 0.3) is 10.4 Å². The van der Waals surface area contributed by atoms with E-state index in [4.69, 9.17) is 0 Å². The lowest BCUT2D eigenvalue weighted by molar-refractivity contribution is 0.642. The van der Waals surface area contributed by atoms with Gasteiger partial charge in [0.15, 0.2) is 0 Å². The maximum Gasteiger partial charge on any atom is 0.0348 e. The molecule has 1 heterocycles. The van der Waals surface area contributed by atoms with Crippen molar-refractivity contribution in [2.24, 2.45) is 0 Å². The fourth-order valence-electron chi connectivity index (χ4n) is 2.02. The first-order valence-electron chi connectivity index (χ1n) is 6.66. The van der Waals surface area contributed by atoms with Crippen LogP contribution in [0.2, 0.25) is 0 Å². The summed E-state index contributed by atoms with van der Waals surface area (Å²) in [5, 5.41) is 3.52. The second-order valence-corrected chi connectivity index (χ2v) is 5.89. The molecule has 2 heteroatoms. The van der Waals surface area contributed by atoms with E-state index in [1.54, 1.807) is 0 Å². The van der Waals surface area contributed by atoms with E-state index in [2.05, 4.69) is 55.6 Å². The quantitative estimate of drug-likeness (QED) is 0.747. The SMILES string of the molecule is CCCCNCc1ccccc1-c1ccc(C)s1. The molecular formula is C16H21NS. The van der Waals surface area contributed by atoms with E-state index < -0.39 is 0 Å². The number of hydrogen-bond donors (Lipinski definition) is 1. The van der Waals surface area contributed by atoms with Crippen molar-refractivity contribution in [1.82, 2.24) is 5.32 Å². The molecule has 0 saturated carbocycles. The number of thiophene rings is 1. The molecule has 1 aromatic carbocycles. The summed E-state index contributed by atoms with van der Waals surface area (Å²) in [7, 11) is 0. The number of hydrogen-bond acceptors (Lipinski definition) is 2. The minimum Gasteiger partial charge on any atom is -0.313 e. The Morgan fingerprint density at radius 2 is 1.94 bits per heavy atom. The highest BCUT2D eigenvalue weighted by molar-refractivity contribution is 7.15. The van der Waals surface area contributed by atoms with Gasteiger partial charge in [0, 0.05) is 16.3 Å². The predicted molar refractivity (Wildman–Crippen MR) is 81.1 cm³/mol. The Balaban J connectivity index is 2.10. The fourth-order valence-corrected chi connectivity index (χ4v) is 2.95. The highest BCUT2D eigenvalue weighted by Crippen LogP contribution is 2.30. The summed E-state index contributed by atoms with van der Waals surface area (Å²) in [6.07, 6.45) is 2.50. The van der Waals surface area contributed by atoms with Crippen LogP contribution in [0.3, 0.4) is 0 Å². The lowest BCUT2D eigenvalue weighted by Gasteiger charge is -2.09. The number of nitrogens with one attached hydrogen (secondary N) is 1. The Kier molecular flexibility index (Phi) is 4.97. The summed E-state index contributed by atoms with van der Waals surface area (Å²) in [5.41, 5.74) is 2.77. The van der Waals surface area contributed by atoms with Crippen LogP contribution in [0, 0.1) is 6.92 Å². The first-order chi connectivity index (χ1) is 8.81. The van der Waals surface area contributed by atoms with E-state index in [0.29, 0.717) is 0 Å². The van der Waals surface area contributed by atoms with Gasteiger partial charge in [-0.3, -0.25) is 0 Å². The average Bonchev–Trinajstić information content (AvgIpc) is 2.82. The van der Waals surface area contributed by atoms with Gasteiger partial charge in [0.25, 0.3) is 0 Å². The average molecular weight is 259 g/mol. The van der Waals surface area contributed by atoms with Gasteiger partial charge < -0.3 is 5.32 Å². The van der Waals surface area contributed by atoms with Crippen molar-refractivity contribution >= 4 is 11.3 Å². The van der Waals surface area contributed by atoms with Gasteiger partial charge in [-0.05, 0) is 43.1 Å². The van der Waals surface area contributed by atoms with Gasteiger partial charge in [-0.25, -0.2) is 0 Å². The maximum absolute atomic E-state index is 3.52. The molecule has 0 spiro atoms. The Morgan fingerprint density at radius 1 is 1.11 bits per heavy atom. The standard InChI is InChI=1S/C16H21NS/c1-3-4-11-17-12-14-7-5-6-8-15(14)16-10-9-13(2)18-16/h5-10,17H,3-4,11-12H2,1-2H3. The second-order valence-electron chi connectivity index (χ2n) is 4.60. The second kappa shape index (κ2) is 6.72. The highest BCUT2D eigenvalue weighted by Gasteiger charge is 2.05. The number of benzene rings is 1. The lowest BCUT2D eigenvalue weighted by Crippen LogP contribution is -2.14. The fraction of sp³-hybridized carbons (Fsp3) is 0.375. The first kappa shape index (κ1) is 13.3. The Labute approximate surface area is 114 Å². The van der Waals surface area contributed by atoms with Crippen molar-refractivity contribution in [3.63, 3.8) is 0 Å². The minimum absolute atomic E-state index is 0.965. The molecule has 1 N–H and O–H groups in total. The van der Waals surface area contributed by atoms with Crippen molar-refractivity contribution < 1.29 is 0 Å². The van der Waals surface area contributed by atoms with Crippen LogP contribution in [0.15, 0.2) is 36.4 Å². The summed E-state index contributed by atoms with van der Waals surface area (Å²) in [5.74, 6) is 0. The van der Waals surface area contributed by atoms with Gasteiger partial charge in [-0.1, -0.05) is 37.6 Å². The van der Waals surface area contributed by atoms with Crippen LogP contribution in [-0.4, -0.2) is 6.54 Å². The first-order valence-corrected chi connectivity index (χ1v) is 7.48. The van der Waals surface area contributed by atoms with Gasteiger partial charge in [0.1, 0.15) is 0 Å². The van der Waals surface area contributed by atoms with Crippen molar-refractivity contribution in [1.29, 1.82) is 0 Å². The van der Waals surface area contributed by atoms with E-state index in [-0.39, 0.29) is 0 Å². The molecule has 18 heavy (non-hydrogen) atoms. The number of rotatable bonds is 6. The van der Waals surface area contributed by atoms with Crippen LogP contribution < -0.4 is 5.32 Å². The molecule has 2 aromatic rings. The molecule has 96 valence electrons. The largest absolute Gasteiger partial charge is 0.313 e. The molecule has 0 fully saturated rings. The topological polar surface area (TPSA) is 12.0 Å². The van der Waals surface area contributed by atoms with Crippen LogP contribution in [-0.2, 0) is 6.54 Å². The highest BCUT2D eigenvalue weighted by atomic mass is 32.1. The molecule has 0 unspecified atom stereocenters. The van der Waals surface area contributed by atoms with Crippen molar-refractivity contribution in [3.05, 3.63) is 46.8 Å². The number of unbranched alkanes of at least 4 members (excludes halogenated alkanes) is 1. The van der Waals surface area contributed by atoms with Crippen LogP contribution in [0.5, 0.6) is 0 Å². The minimum atomic E-state index is 0.965. The lowest BCUT2D eigenvalue weighted by atomic mass is 10.1. The molecular weight excluding hydrogens is 238 g/mol. The Hall–Kier alpha value is -1.12. The molecule has 0 aliphatic heterocycles. The van der Waals surface area contributed by atoms with Gasteiger partial charge >= 0.3 is 0 Å². The molecule has 0 aliphatic carbocycles. The van der Waals surface area contributed by atoms with Crippen molar-refractivity contribution in [3.8, 4) is 10.4 Å². The van der Waals surface area contributed by atoms with Crippen LogP contribution >= 0.6 is 11.3 Å². The third-order valence-corrected chi connectivity index (χ3v) is 4.08. The van der Waals surface area contributed by atoms with Crippen molar-refractivity contribution in [2.45, 2.75) is 33.2 Å². The Bertz CT molecular complexity index is 487. The van der Waals surface area contributed by atoms with Gasteiger partial charge in [-0.2, -0.15) is 0 Å². The molecule has 0 saturated heterocycles. The zero-order valence-electron chi connectivity index (χ0n) is 11.2. The molecule has 0 aliphatic rings. The van der Waals surface area contributed by atoms with E-state index in [1.165, 1.54) is 33.7 Å². The monoisotopic (exact) mass is 259 g/mol. The van der Waals surface area contributed by atoms with Crippen molar-refractivity contribution in [2.75, 3.05) is 6.54 Å². The normalized spacial score (nSPS) is 10.8. The third-order valence-electron chi connectivity index (χ3n) is 3.05. The maximum atomic E-state index is 3.52. The molecule has 1 aromatic heterocycles. The van der Waals surface area contributed by atoms with Gasteiger partial charge in [0.05, 0.1) is 0 Å². The molecule has 0 radical (unpaired) electrons. The Morgan fingerprint density at radius 3 is 2.67 bits per heavy atom. The number of aryl methyl sites for hydroxylation is 1. The van der Waals surface area contributed by atoms with Gasteiger partial charge in [0.2, 0.25) is 0 Å². The van der Waals surface area contributed by atoms with E-state index in [1.807, 2.05) is 11.3 Å².